The molecular formula is C21H25NO3. The molecule has 132 valence electrons. The summed E-state index contributed by atoms with van der Waals surface area (Å²) in [6.07, 6.45) is 2.36. The molecule has 2 aromatic rings. The van der Waals surface area contributed by atoms with E-state index in [0.29, 0.717) is 32.7 Å². The number of ether oxygens (including phenoxy) is 2. The number of carbonyl (C=O) groups is 1. The third-order valence-corrected chi connectivity index (χ3v) is 4.69. The van der Waals surface area contributed by atoms with Crippen LogP contribution in [-0.2, 0) is 14.9 Å². The minimum absolute atomic E-state index is 0.0317. The lowest BCUT2D eigenvalue weighted by molar-refractivity contribution is -0.125. The Balaban J connectivity index is 1.77. The molecule has 0 aliphatic carbocycles. The zero-order valence-electron chi connectivity index (χ0n) is 14.7. The molecule has 1 aliphatic heterocycles. The highest BCUT2D eigenvalue weighted by Crippen LogP contribution is 2.36. The van der Waals surface area contributed by atoms with Gasteiger partial charge in [-0.05, 0) is 49.1 Å². The second kappa shape index (κ2) is 8.17. The quantitative estimate of drug-likeness (QED) is 0.859. The molecule has 2 aromatic carbocycles. The summed E-state index contributed by atoms with van der Waals surface area (Å²) in [7, 11) is 0. The first-order valence-electron chi connectivity index (χ1n) is 8.92. The fraction of sp³-hybridized carbons (Fsp3) is 0.381. The first-order chi connectivity index (χ1) is 12.2. The topological polar surface area (TPSA) is 47.6 Å². The van der Waals surface area contributed by atoms with Gasteiger partial charge in [-0.25, -0.2) is 0 Å². The molecule has 1 aliphatic rings. The van der Waals surface area contributed by atoms with Gasteiger partial charge in [0.25, 0.3) is 0 Å². The number of benzene rings is 2. The molecule has 4 nitrogen and oxygen atoms in total. The second-order valence-corrected chi connectivity index (χ2v) is 6.39. The van der Waals surface area contributed by atoms with E-state index >= 15 is 0 Å². The SMILES string of the molecule is CCCOc1ccc(NC(=O)C2(c3ccccc3)CCOCC2)cc1. The van der Waals surface area contributed by atoms with Crippen LogP contribution in [0.3, 0.4) is 0 Å². The Bertz CT molecular complexity index is 676. The predicted molar refractivity (Wildman–Crippen MR) is 99.0 cm³/mol. The Hall–Kier alpha value is -2.33. The van der Waals surface area contributed by atoms with Crippen LogP contribution >= 0.6 is 0 Å². The predicted octanol–water partition coefficient (Wildman–Crippen LogP) is 4.16. The monoisotopic (exact) mass is 339 g/mol. The Labute approximate surface area is 149 Å². The van der Waals surface area contributed by atoms with Crippen molar-refractivity contribution < 1.29 is 14.3 Å². The van der Waals surface area contributed by atoms with Crippen LogP contribution in [0.4, 0.5) is 5.69 Å². The van der Waals surface area contributed by atoms with Gasteiger partial charge in [-0.1, -0.05) is 37.3 Å². The van der Waals surface area contributed by atoms with E-state index in [-0.39, 0.29) is 5.91 Å². The molecule has 0 spiro atoms. The van der Waals surface area contributed by atoms with Gasteiger partial charge < -0.3 is 14.8 Å². The summed E-state index contributed by atoms with van der Waals surface area (Å²) >= 11 is 0. The molecule has 4 heteroatoms. The molecule has 0 radical (unpaired) electrons. The molecule has 3 rings (SSSR count). The van der Waals surface area contributed by atoms with Gasteiger partial charge in [0.15, 0.2) is 0 Å². The molecule has 1 amide bonds. The van der Waals surface area contributed by atoms with Crippen molar-refractivity contribution in [2.75, 3.05) is 25.1 Å². The number of amides is 1. The van der Waals surface area contributed by atoms with Gasteiger partial charge in [-0.3, -0.25) is 4.79 Å². The lowest BCUT2D eigenvalue weighted by Gasteiger charge is -2.36. The number of hydrogen-bond acceptors (Lipinski definition) is 3. The Morgan fingerprint density at radius 3 is 2.40 bits per heavy atom. The molecule has 1 heterocycles. The van der Waals surface area contributed by atoms with Crippen molar-refractivity contribution >= 4 is 11.6 Å². The Morgan fingerprint density at radius 1 is 1.08 bits per heavy atom. The lowest BCUT2D eigenvalue weighted by atomic mass is 9.73. The highest BCUT2D eigenvalue weighted by molar-refractivity contribution is 5.99. The van der Waals surface area contributed by atoms with Gasteiger partial charge in [-0.2, -0.15) is 0 Å². The second-order valence-electron chi connectivity index (χ2n) is 6.39. The highest BCUT2D eigenvalue weighted by atomic mass is 16.5. The van der Waals surface area contributed by atoms with E-state index in [1.165, 1.54) is 0 Å². The van der Waals surface area contributed by atoms with Gasteiger partial charge in [0, 0.05) is 18.9 Å². The van der Waals surface area contributed by atoms with Gasteiger partial charge in [0.1, 0.15) is 5.75 Å². The van der Waals surface area contributed by atoms with E-state index in [9.17, 15) is 4.79 Å². The van der Waals surface area contributed by atoms with Crippen molar-refractivity contribution in [1.82, 2.24) is 0 Å². The van der Waals surface area contributed by atoms with Crippen molar-refractivity contribution in [1.29, 1.82) is 0 Å². The normalized spacial score (nSPS) is 16.2. The molecule has 1 saturated heterocycles. The van der Waals surface area contributed by atoms with Crippen LogP contribution < -0.4 is 10.1 Å². The summed E-state index contributed by atoms with van der Waals surface area (Å²) < 4.78 is 11.1. The summed E-state index contributed by atoms with van der Waals surface area (Å²) in [6, 6.07) is 17.6. The van der Waals surface area contributed by atoms with Crippen LogP contribution in [0.25, 0.3) is 0 Å². The summed E-state index contributed by atoms with van der Waals surface area (Å²) in [5, 5.41) is 3.08. The third kappa shape index (κ3) is 4.02. The summed E-state index contributed by atoms with van der Waals surface area (Å²) in [6.45, 7) is 3.98. The fourth-order valence-corrected chi connectivity index (χ4v) is 3.23. The smallest absolute Gasteiger partial charge is 0.235 e. The van der Waals surface area contributed by atoms with Gasteiger partial charge in [-0.15, -0.1) is 0 Å². The molecule has 0 bridgehead atoms. The van der Waals surface area contributed by atoms with Gasteiger partial charge in [0.2, 0.25) is 5.91 Å². The Morgan fingerprint density at radius 2 is 1.76 bits per heavy atom. The zero-order valence-corrected chi connectivity index (χ0v) is 14.7. The standard InChI is InChI=1S/C21H25NO3/c1-2-14-25-19-10-8-18(9-11-19)22-20(23)21(12-15-24-16-13-21)17-6-4-3-5-7-17/h3-11H,2,12-16H2,1H3,(H,22,23). The van der Waals surface area contributed by atoms with E-state index in [4.69, 9.17) is 9.47 Å². The summed E-state index contributed by atoms with van der Waals surface area (Å²) in [5.74, 6) is 0.855. The van der Waals surface area contributed by atoms with Crippen molar-refractivity contribution in [3.63, 3.8) is 0 Å². The van der Waals surface area contributed by atoms with E-state index in [0.717, 1.165) is 23.4 Å². The van der Waals surface area contributed by atoms with Crippen LogP contribution in [0.5, 0.6) is 5.75 Å². The maximum atomic E-state index is 13.1. The minimum Gasteiger partial charge on any atom is -0.494 e. The molecule has 0 saturated carbocycles. The number of rotatable bonds is 6. The van der Waals surface area contributed by atoms with Gasteiger partial charge in [0.05, 0.1) is 12.0 Å². The molecule has 0 unspecified atom stereocenters. The average molecular weight is 339 g/mol. The van der Waals surface area contributed by atoms with Crippen LogP contribution in [0.2, 0.25) is 0 Å². The van der Waals surface area contributed by atoms with Gasteiger partial charge >= 0.3 is 0 Å². The minimum atomic E-state index is -0.531. The van der Waals surface area contributed by atoms with Crippen molar-refractivity contribution in [2.24, 2.45) is 0 Å². The number of nitrogens with one attached hydrogen (secondary N) is 1. The van der Waals surface area contributed by atoms with E-state index in [1.807, 2.05) is 54.6 Å². The molecule has 0 aromatic heterocycles. The summed E-state index contributed by atoms with van der Waals surface area (Å²) in [4.78, 5) is 13.1. The molecule has 25 heavy (non-hydrogen) atoms. The Kier molecular flexibility index (Phi) is 5.71. The number of hydrogen-bond donors (Lipinski definition) is 1. The third-order valence-electron chi connectivity index (χ3n) is 4.69. The first-order valence-corrected chi connectivity index (χ1v) is 8.92. The maximum absolute atomic E-state index is 13.1. The van der Waals surface area contributed by atoms with E-state index in [1.54, 1.807) is 0 Å². The first kappa shape index (κ1) is 17.5. The molecule has 1 fully saturated rings. The largest absolute Gasteiger partial charge is 0.494 e. The maximum Gasteiger partial charge on any atom is 0.235 e. The average Bonchev–Trinajstić information content (AvgIpc) is 2.68. The van der Waals surface area contributed by atoms with E-state index in [2.05, 4.69) is 12.2 Å². The van der Waals surface area contributed by atoms with Crippen LogP contribution in [-0.4, -0.2) is 25.7 Å². The summed E-state index contributed by atoms with van der Waals surface area (Å²) in [5.41, 5.74) is 1.31. The highest BCUT2D eigenvalue weighted by Gasteiger charge is 2.41. The molecule has 1 N–H and O–H groups in total. The lowest BCUT2D eigenvalue weighted by Crippen LogP contribution is -2.44. The van der Waals surface area contributed by atoms with E-state index < -0.39 is 5.41 Å². The molecular weight excluding hydrogens is 314 g/mol. The van der Waals surface area contributed by atoms with Crippen LogP contribution in [0.1, 0.15) is 31.7 Å². The van der Waals surface area contributed by atoms with Crippen molar-refractivity contribution in [3.05, 3.63) is 60.2 Å². The van der Waals surface area contributed by atoms with Crippen molar-refractivity contribution in [3.8, 4) is 5.75 Å². The molecule has 0 atom stereocenters. The van der Waals surface area contributed by atoms with Crippen LogP contribution in [0.15, 0.2) is 54.6 Å². The number of anilines is 1. The number of carbonyl (C=O) groups excluding carboxylic acids is 1. The zero-order chi connectivity index (χ0) is 17.5. The van der Waals surface area contributed by atoms with Crippen LogP contribution in [0, 0.1) is 0 Å². The fourth-order valence-electron chi connectivity index (χ4n) is 3.23. The van der Waals surface area contributed by atoms with Crippen molar-refractivity contribution in [2.45, 2.75) is 31.6 Å².